The summed E-state index contributed by atoms with van der Waals surface area (Å²) in [5, 5.41) is 25.3. The summed E-state index contributed by atoms with van der Waals surface area (Å²) >= 11 is 1.22. The summed E-state index contributed by atoms with van der Waals surface area (Å²) in [5.74, 6) is -2.62. The van der Waals surface area contributed by atoms with Gasteiger partial charge >= 0.3 is 5.97 Å². The molecule has 4 aromatic rings. The van der Waals surface area contributed by atoms with Crippen molar-refractivity contribution >= 4 is 28.9 Å². The first-order valence-electron chi connectivity index (χ1n) is 10.5. The number of hydrazone groups is 1. The highest BCUT2D eigenvalue weighted by atomic mass is 32.1. The number of halogens is 1. The first-order valence-corrected chi connectivity index (χ1v) is 11.3. The fourth-order valence-electron chi connectivity index (χ4n) is 3.88. The van der Waals surface area contributed by atoms with Crippen molar-refractivity contribution < 1.29 is 24.2 Å². The number of thiophene rings is 1. The Bertz CT molecular complexity index is 1450. The lowest BCUT2D eigenvalue weighted by molar-refractivity contribution is 0.0692. The number of hydrogen-bond acceptors (Lipinski definition) is 7. The Balaban J connectivity index is 1.56. The summed E-state index contributed by atoms with van der Waals surface area (Å²) in [6.45, 7) is 0. The second-order valence-corrected chi connectivity index (χ2v) is 8.82. The van der Waals surface area contributed by atoms with Crippen molar-refractivity contribution in [2.75, 3.05) is 0 Å². The van der Waals surface area contributed by atoms with Gasteiger partial charge in [0.1, 0.15) is 11.6 Å². The van der Waals surface area contributed by atoms with Crippen molar-refractivity contribution in [1.82, 2.24) is 15.0 Å². The van der Waals surface area contributed by atoms with Gasteiger partial charge in [-0.2, -0.15) is 5.10 Å². The summed E-state index contributed by atoms with van der Waals surface area (Å²) in [6, 6.07) is 13.3. The van der Waals surface area contributed by atoms with Crippen molar-refractivity contribution in [3.8, 4) is 16.3 Å². The molecule has 0 saturated carbocycles. The van der Waals surface area contributed by atoms with Gasteiger partial charge in [-0.15, -0.1) is 11.3 Å². The minimum absolute atomic E-state index is 0.0430. The molecule has 10 heteroatoms. The van der Waals surface area contributed by atoms with Gasteiger partial charge in [-0.05, 0) is 42.5 Å². The molecular weight excluding hydrogens is 471 g/mol. The summed E-state index contributed by atoms with van der Waals surface area (Å²) in [6.07, 6.45) is 4.35. The second-order valence-electron chi connectivity index (χ2n) is 7.74. The largest absolute Gasteiger partial charge is 0.507 e. The molecule has 2 N–H and O–H groups in total. The average molecular weight is 489 g/mol. The number of carbonyl (C=O) groups is 2. The van der Waals surface area contributed by atoms with Crippen LogP contribution in [0, 0.1) is 5.82 Å². The van der Waals surface area contributed by atoms with E-state index in [2.05, 4.69) is 15.1 Å². The predicted octanol–water partition coefficient (Wildman–Crippen LogP) is 4.74. The smallest absolute Gasteiger partial charge is 0.337 e. The Hall–Kier alpha value is -4.44. The van der Waals surface area contributed by atoms with Crippen LogP contribution in [0.3, 0.4) is 0 Å². The van der Waals surface area contributed by atoms with Crippen molar-refractivity contribution in [3.63, 3.8) is 0 Å². The number of pyridine rings is 2. The minimum atomic E-state index is -1.16. The SMILES string of the molecule is O=C(O)c1cncc(C2=NN(C(=O)c3ccc(-c4ccccn4)s3)C(c3c(O)cccc3F)C2)c1. The lowest BCUT2D eigenvalue weighted by atomic mass is 9.97. The second kappa shape index (κ2) is 9.07. The fourth-order valence-corrected chi connectivity index (χ4v) is 4.79. The van der Waals surface area contributed by atoms with E-state index in [-0.39, 0.29) is 23.3 Å². The summed E-state index contributed by atoms with van der Waals surface area (Å²) in [4.78, 5) is 34.3. The summed E-state index contributed by atoms with van der Waals surface area (Å²) in [5.41, 5.74) is 1.34. The summed E-state index contributed by atoms with van der Waals surface area (Å²) in [7, 11) is 0. The molecular formula is C25H17FN4O4S. The van der Waals surface area contributed by atoms with Gasteiger partial charge in [-0.1, -0.05) is 12.1 Å². The Morgan fingerprint density at radius 2 is 1.94 bits per heavy atom. The first-order chi connectivity index (χ1) is 16.9. The molecule has 0 fully saturated rings. The number of aromatic carboxylic acids is 1. The molecule has 1 aliphatic heterocycles. The average Bonchev–Trinajstić information content (AvgIpc) is 3.53. The maximum absolute atomic E-state index is 14.8. The molecule has 3 aromatic heterocycles. The molecule has 8 nitrogen and oxygen atoms in total. The molecule has 35 heavy (non-hydrogen) atoms. The molecule has 0 spiro atoms. The maximum atomic E-state index is 14.8. The van der Waals surface area contributed by atoms with Crippen LogP contribution in [0.15, 0.2) is 78.3 Å². The molecule has 0 radical (unpaired) electrons. The number of rotatable bonds is 5. The molecule has 0 saturated heterocycles. The highest BCUT2D eigenvalue weighted by Gasteiger charge is 2.37. The number of phenols is 1. The molecule has 0 aliphatic carbocycles. The van der Waals surface area contributed by atoms with Gasteiger partial charge in [-0.3, -0.25) is 14.8 Å². The quantitative estimate of drug-likeness (QED) is 0.419. The van der Waals surface area contributed by atoms with Gasteiger partial charge in [0.05, 0.1) is 38.3 Å². The molecule has 1 aliphatic rings. The van der Waals surface area contributed by atoms with E-state index in [1.54, 1.807) is 24.4 Å². The monoisotopic (exact) mass is 488 g/mol. The molecule has 1 aromatic carbocycles. The molecule has 0 bridgehead atoms. The van der Waals surface area contributed by atoms with Crippen LogP contribution < -0.4 is 0 Å². The van der Waals surface area contributed by atoms with Crippen LogP contribution in [0.25, 0.3) is 10.6 Å². The van der Waals surface area contributed by atoms with Gasteiger partial charge in [0.15, 0.2) is 0 Å². The number of aromatic nitrogens is 2. The lowest BCUT2D eigenvalue weighted by Gasteiger charge is -2.22. The predicted molar refractivity (Wildman–Crippen MR) is 127 cm³/mol. The highest BCUT2D eigenvalue weighted by Crippen LogP contribution is 2.40. The van der Waals surface area contributed by atoms with Crippen LogP contribution in [-0.2, 0) is 0 Å². The minimum Gasteiger partial charge on any atom is -0.507 e. The number of hydrogen-bond donors (Lipinski definition) is 2. The summed E-state index contributed by atoms with van der Waals surface area (Å²) < 4.78 is 14.8. The van der Waals surface area contributed by atoms with E-state index in [9.17, 15) is 24.2 Å². The molecule has 1 atom stereocenters. The van der Waals surface area contributed by atoms with Crippen molar-refractivity contribution in [2.45, 2.75) is 12.5 Å². The number of carbonyl (C=O) groups excluding carboxylic acids is 1. The third kappa shape index (κ3) is 4.26. The lowest BCUT2D eigenvalue weighted by Crippen LogP contribution is -2.27. The number of carboxylic acids is 1. The van der Waals surface area contributed by atoms with Gasteiger partial charge < -0.3 is 10.2 Å². The fraction of sp³-hybridized carbons (Fsp3) is 0.0800. The van der Waals surface area contributed by atoms with Crippen LogP contribution >= 0.6 is 11.3 Å². The van der Waals surface area contributed by atoms with E-state index in [1.165, 1.54) is 48.0 Å². The first kappa shape index (κ1) is 22.4. The zero-order chi connectivity index (χ0) is 24.5. The van der Waals surface area contributed by atoms with Crippen molar-refractivity contribution in [1.29, 1.82) is 0 Å². The maximum Gasteiger partial charge on any atom is 0.337 e. The van der Waals surface area contributed by atoms with Gasteiger partial charge in [0.25, 0.3) is 5.91 Å². The zero-order valence-electron chi connectivity index (χ0n) is 18.0. The Morgan fingerprint density at radius 1 is 1.09 bits per heavy atom. The third-order valence-corrected chi connectivity index (χ3v) is 6.63. The number of nitrogens with zero attached hydrogens (tertiary/aromatic N) is 4. The van der Waals surface area contributed by atoms with Crippen LogP contribution in [0.5, 0.6) is 5.75 Å². The molecule has 4 heterocycles. The number of phenolic OH excluding ortho intramolecular Hbond substituents is 1. The van der Waals surface area contributed by atoms with Crippen molar-refractivity contribution in [3.05, 3.63) is 101 Å². The van der Waals surface area contributed by atoms with E-state index < -0.39 is 23.7 Å². The van der Waals surface area contributed by atoms with Crippen LogP contribution in [0.4, 0.5) is 4.39 Å². The van der Waals surface area contributed by atoms with Gasteiger partial charge in [0, 0.05) is 30.6 Å². The highest BCUT2D eigenvalue weighted by molar-refractivity contribution is 7.17. The number of benzene rings is 1. The van der Waals surface area contributed by atoms with E-state index >= 15 is 0 Å². The zero-order valence-corrected chi connectivity index (χ0v) is 18.8. The molecule has 174 valence electrons. The topological polar surface area (TPSA) is 116 Å². The Morgan fingerprint density at radius 3 is 2.69 bits per heavy atom. The van der Waals surface area contributed by atoms with E-state index in [0.29, 0.717) is 21.8 Å². The van der Waals surface area contributed by atoms with Gasteiger partial charge in [-0.25, -0.2) is 14.2 Å². The standard InChI is InChI=1S/C25H17FN4O4S/c26-16-4-3-6-20(31)23(16)19-11-18(14-10-15(25(33)34)13-27-12-14)29-30(19)24(32)22-8-7-21(35-22)17-5-1-2-9-28-17/h1-10,12-13,19,31H,11H2,(H,33,34). The molecule has 1 amide bonds. The molecule has 5 rings (SSSR count). The number of amides is 1. The van der Waals surface area contributed by atoms with Crippen molar-refractivity contribution in [2.24, 2.45) is 5.10 Å². The van der Waals surface area contributed by atoms with Crippen LogP contribution in [-0.4, -0.2) is 42.8 Å². The Labute approximate surface area is 202 Å². The van der Waals surface area contributed by atoms with E-state index in [4.69, 9.17) is 0 Å². The normalized spacial score (nSPS) is 15.2. The van der Waals surface area contributed by atoms with Gasteiger partial charge in [0.2, 0.25) is 0 Å². The van der Waals surface area contributed by atoms with E-state index in [1.807, 2.05) is 12.1 Å². The Kier molecular flexibility index (Phi) is 5.79. The van der Waals surface area contributed by atoms with Crippen LogP contribution in [0.1, 0.15) is 43.6 Å². The molecule has 1 unspecified atom stereocenters. The third-order valence-electron chi connectivity index (χ3n) is 5.53. The number of aromatic hydroxyl groups is 1. The van der Waals surface area contributed by atoms with E-state index in [0.717, 1.165) is 9.89 Å². The number of carboxylic acid groups (broad SMARTS) is 1. The van der Waals surface area contributed by atoms with Crippen LogP contribution in [0.2, 0.25) is 0 Å².